The van der Waals surface area contributed by atoms with E-state index in [0.29, 0.717) is 29.2 Å². The summed E-state index contributed by atoms with van der Waals surface area (Å²) in [7, 11) is 4.75. The van der Waals surface area contributed by atoms with E-state index < -0.39 is 37.3 Å². The summed E-state index contributed by atoms with van der Waals surface area (Å²) in [4.78, 5) is 0. The molecule has 2 heterocycles. The monoisotopic (exact) mass is 544 g/mol. The van der Waals surface area contributed by atoms with Gasteiger partial charge < -0.3 is 44.1 Å². The molecule has 0 saturated carbocycles. The number of rotatable bonds is 10. The van der Waals surface area contributed by atoms with Crippen LogP contribution in [0.25, 0.3) is 11.3 Å². The van der Waals surface area contributed by atoms with E-state index in [4.69, 9.17) is 28.8 Å². The second-order valence-electron chi connectivity index (χ2n) is 9.57. The molecule has 212 valence electrons. The molecular weight excluding hydrogens is 508 g/mol. The Bertz CT molecular complexity index is 1240. The molecule has 39 heavy (non-hydrogen) atoms. The number of nitrogens with zero attached hydrogens (tertiary/aromatic N) is 2. The highest BCUT2D eigenvalue weighted by Crippen LogP contribution is 2.39. The molecule has 0 radical (unpaired) electrons. The Hall–Kier alpha value is -3.35. The van der Waals surface area contributed by atoms with Gasteiger partial charge in [-0.1, -0.05) is 6.07 Å². The van der Waals surface area contributed by atoms with Gasteiger partial charge in [-0.15, -0.1) is 5.10 Å². The van der Waals surface area contributed by atoms with Crippen molar-refractivity contribution in [2.45, 2.75) is 57.0 Å². The van der Waals surface area contributed by atoms with Gasteiger partial charge >= 0.3 is 0 Å². The molecule has 0 unspecified atom stereocenters. The molecule has 1 fully saturated rings. The Labute approximate surface area is 227 Å². The van der Waals surface area contributed by atoms with Crippen molar-refractivity contribution in [3.63, 3.8) is 0 Å². The molecular formula is C28H36N2O9. The predicted octanol–water partition coefficient (Wildman–Crippen LogP) is 1.93. The molecule has 0 spiro atoms. The first-order valence-electron chi connectivity index (χ1n) is 12.7. The van der Waals surface area contributed by atoms with Crippen molar-refractivity contribution in [1.29, 1.82) is 0 Å². The molecule has 11 heteroatoms. The predicted molar refractivity (Wildman–Crippen MR) is 141 cm³/mol. The summed E-state index contributed by atoms with van der Waals surface area (Å²) in [5.74, 6) is 2.11. The minimum absolute atomic E-state index is 0.0780. The van der Waals surface area contributed by atoms with Crippen LogP contribution in [-0.2, 0) is 11.2 Å². The number of hydrogen-bond acceptors (Lipinski definition) is 10. The average Bonchev–Trinajstić information content (AvgIpc) is 3.31. The van der Waals surface area contributed by atoms with Crippen molar-refractivity contribution in [2.24, 2.45) is 0 Å². The maximum atomic E-state index is 10.6. The quantitative estimate of drug-likeness (QED) is 0.299. The van der Waals surface area contributed by atoms with Crippen LogP contribution in [0.4, 0.5) is 0 Å². The third-order valence-electron chi connectivity index (χ3n) is 6.76. The molecule has 1 aliphatic heterocycles. The van der Waals surface area contributed by atoms with E-state index >= 15 is 0 Å². The molecule has 1 saturated heterocycles. The van der Waals surface area contributed by atoms with Gasteiger partial charge in [-0.05, 0) is 49.7 Å². The van der Waals surface area contributed by atoms with E-state index in [1.807, 2.05) is 54.9 Å². The molecule has 3 aromatic rings. The van der Waals surface area contributed by atoms with Crippen LogP contribution in [0.1, 0.15) is 31.0 Å². The summed E-state index contributed by atoms with van der Waals surface area (Å²) in [5, 5.41) is 45.5. The lowest BCUT2D eigenvalue weighted by atomic mass is 9.98. The van der Waals surface area contributed by atoms with E-state index in [-0.39, 0.29) is 11.9 Å². The van der Waals surface area contributed by atoms with Crippen molar-refractivity contribution < 1.29 is 44.1 Å². The lowest BCUT2D eigenvalue weighted by Gasteiger charge is -2.39. The van der Waals surface area contributed by atoms with Gasteiger partial charge in [0, 0.05) is 29.7 Å². The Kier molecular flexibility index (Phi) is 8.98. The highest BCUT2D eigenvalue weighted by atomic mass is 16.7. The van der Waals surface area contributed by atoms with Crippen molar-refractivity contribution >= 4 is 0 Å². The fourth-order valence-electron chi connectivity index (χ4n) is 4.59. The molecule has 4 rings (SSSR count). The molecule has 0 aliphatic carbocycles. The minimum Gasteiger partial charge on any atom is -0.497 e. The highest BCUT2D eigenvalue weighted by molar-refractivity contribution is 5.68. The second-order valence-corrected chi connectivity index (χ2v) is 9.57. The van der Waals surface area contributed by atoms with Gasteiger partial charge in [-0.2, -0.15) is 0 Å². The summed E-state index contributed by atoms with van der Waals surface area (Å²) in [6.45, 7) is 3.39. The van der Waals surface area contributed by atoms with Crippen LogP contribution in [0.3, 0.4) is 0 Å². The molecule has 4 N–H and O–H groups in total. The van der Waals surface area contributed by atoms with Crippen molar-refractivity contribution in [2.75, 3.05) is 27.9 Å². The largest absolute Gasteiger partial charge is 0.497 e. The van der Waals surface area contributed by atoms with Crippen molar-refractivity contribution in [1.82, 2.24) is 9.78 Å². The maximum Gasteiger partial charge on any atom is 0.239 e. The molecule has 0 amide bonds. The Morgan fingerprint density at radius 2 is 1.56 bits per heavy atom. The van der Waals surface area contributed by atoms with E-state index in [1.165, 1.54) is 0 Å². The first kappa shape index (κ1) is 28.7. The van der Waals surface area contributed by atoms with Crippen LogP contribution >= 0.6 is 0 Å². The number of benzene rings is 2. The first-order valence-corrected chi connectivity index (χ1v) is 12.7. The fraction of sp³-hybridized carbons (Fsp3) is 0.464. The number of hydrogen-bond donors (Lipinski definition) is 4. The van der Waals surface area contributed by atoms with E-state index in [1.54, 1.807) is 27.4 Å². The zero-order valence-corrected chi connectivity index (χ0v) is 22.6. The zero-order chi connectivity index (χ0) is 28.3. The van der Waals surface area contributed by atoms with Crippen molar-refractivity contribution in [3.05, 3.63) is 53.6 Å². The summed E-state index contributed by atoms with van der Waals surface area (Å²) in [6.07, 6.45) is -6.85. The summed E-state index contributed by atoms with van der Waals surface area (Å²) in [5.41, 5.74) is 3.12. The lowest BCUT2D eigenvalue weighted by molar-refractivity contribution is -0.278. The van der Waals surface area contributed by atoms with Crippen molar-refractivity contribution in [3.8, 4) is 34.4 Å². The Balaban J connectivity index is 1.84. The Morgan fingerprint density at radius 1 is 0.897 bits per heavy atom. The lowest BCUT2D eigenvalue weighted by Crippen LogP contribution is -2.60. The molecule has 0 bridgehead atoms. The van der Waals surface area contributed by atoms with Gasteiger partial charge in [-0.25, -0.2) is 0 Å². The van der Waals surface area contributed by atoms with Gasteiger partial charge in [0.05, 0.1) is 33.6 Å². The second kappa shape index (κ2) is 12.2. The standard InChI is InChI=1S/C28H36N2O9/c1-15(2)30-23(16-6-9-18(35-3)10-7-16)20(12-17-8-11-19(36-4)13-21(17)37-5)27(29-30)39-28-26(34)25(33)24(32)22(14-31)38-28/h6-11,13,15,22,24-26,28,31-34H,12,14H2,1-5H3/t22-,24-,25+,26-,28+/m1/s1. The number of aromatic nitrogens is 2. The number of ether oxygens (including phenoxy) is 5. The average molecular weight is 545 g/mol. The van der Waals surface area contributed by atoms with Gasteiger partial charge in [0.25, 0.3) is 0 Å². The van der Waals surface area contributed by atoms with Gasteiger partial charge in [0.1, 0.15) is 41.7 Å². The fourth-order valence-corrected chi connectivity index (χ4v) is 4.59. The SMILES string of the molecule is COc1ccc(-c2c(Cc3ccc(OC)cc3OC)c(O[C@@H]3O[C@H](CO)[C@@H](O)[C@H](O)[C@H]3O)nn2C(C)C)cc1. The van der Waals surface area contributed by atoms with Crippen LogP contribution in [0.2, 0.25) is 0 Å². The topological polar surface area (TPSA) is 145 Å². The summed E-state index contributed by atoms with van der Waals surface area (Å²) in [6, 6.07) is 13.0. The number of aliphatic hydroxyl groups is 4. The molecule has 1 aromatic heterocycles. The van der Waals surface area contributed by atoms with Crippen LogP contribution < -0.4 is 18.9 Å². The Morgan fingerprint density at radius 3 is 2.15 bits per heavy atom. The van der Waals surface area contributed by atoms with Crippen LogP contribution in [0.15, 0.2) is 42.5 Å². The third kappa shape index (κ3) is 5.82. The first-order chi connectivity index (χ1) is 18.7. The van der Waals surface area contributed by atoms with Crippen LogP contribution in [0, 0.1) is 0 Å². The molecule has 11 nitrogen and oxygen atoms in total. The van der Waals surface area contributed by atoms with Gasteiger partial charge in [-0.3, -0.25) is 4.68 Å². The molecule has 2 aromatic carbocycles. The molecule has 5 atom stereocenters. The summed E-state index contributed by atoms with van der Waals surface area (Å²) < 4.78 is 29.8. The number of aliphatic hydroxyl groups excluding tert-OH is 4. The van der Waals surface area contributed by atoms with Crippen LogP contribution in [0.5, 0.6) is 23.1 Å². The maximum absolute atomic E-state index is 10.6. The van der Waals surface area contributed by atoms with E-state index in [9.17, 15) is 20.4 Å². The van der Waals surface area contributed by atoms with Crippen LogP contribution in [-0.4, -0.2) is 88.8 Å². The minimum atomic E-state index is -1.58. The smallest absolute Gasteiger partial charge is 0.239 e. The molecule has 1 aliphatic rings. The van der Waals surface area contributed by atoms with E-state index in [0.717, 1.165) is 16.8 Å². The van der Waals surface area contributed by atoms with E-state index in [2.05, 4.69) is 0 Å². The number of methoxy groups -OCH3 is 3. The van der Waals surface area contributed by atoms with Gasteiger partial charge in [0.2, 0.25) is 12.2 Å². The highest BCUT2D eigenvalue weighted by Gasteiger charge is 2.45. The summed E-state index contributed by atoms with van der Waals surface area (Å²) >= 11 is 0. The third-order valence-corrected chi connectivity index (χ3v) is 6.76. The van der Waals surface area contributed by atoms with Gasteiger partial charge in [0.15, 0.2) is 0 Å². The normalized spacial score (nSPS) is 23.1. The zero-order valence-electron chi connectivity index (χ0n) is 22.6.